The molecule has 0 bridgehead atoms. The Bertz CT molecular complexity index is 1340. The molecular formula is C30H31NO4. The zero-order chi connectivity index (χ0) is 25.4. The molecule has 0 radical (unpaired) electrons. The molecule has 0 aromatic heterocycles. The molecule has 180 valence electrons. The maximum atomic E-state index is 10.5. The van der Waals surface area contributed by atoms with Gasteiger partial charge in [0.05, 0.1) is 11.4 Å². The van der Waals surface area contributed by atoms with Gasteiger partial charge in [-0.15, -0.1) is 0 Å². The fourth-order valence-corrected chi connectivity index (χ4v) is 4.44. The minimum absolute atomic E-state index is 0.201. The SMILES string of the molecule is Cc1cc(C)c(N(c2cccc(Oc3c(C)cc(O)cc3C)c2)c2cc(O)c(C)cc2C)cc1O. The number of anilines is 3. The highest BCUT2D eigenvalue weighted by Gasteiger charge is 2.20. The summed E-state index contributed by atoms with van der Waals surface area (Å²) in [6.45, 7) is 11.5. The minimum atomic E-state index is 0.201. The largest absolute Gasteiger partial charge is 0.508 e. The second-order valence-corrected chi connectivity index (χ2v) is 9.19. The predicted molar refractivity (Wildman–Crippen MR) is 141 cm³/mol. The third-order valence-electron chi connectivity index (χ3n) is 6.25. The number of aryl methyl sites for hydroxylation is 6. The van der Waals surface area contributed by atoms with Crippen LogP contribution < -0.4 is 9.64 Å². The lowest BCUT2D eigenvalue weighted by Gasteiger charge is -2.29. The van der Waals surface area contributed by atoms with Gasteiger partial charge in [0.25, 0.3) is 0 Å². The second kappa shape index (κ2) is 9.26. The van der Waals surface area contributed by atoms with Crippen molar-refractivity contribution in [3.05, 3.63) is 94.0 Å². The molecule has 0 aliphatic heterocycles. The van der Waals surface area contributed by atoms with Crippen molar-refractivity contribution in [3.8, 4) is 28.7 Å². The number of phenolic OH excluding ortho intramolecular Hbond substituents is 3. The Hall–Kier alpha value is -4.12. The molecule has 0 amide bonds. The van der Waals surface area contributed by atoms with Crippen LogP contribution in [0.5, 0.6) is 28.7 Å². The molecule has 4 aromatic rings. The van der Waals surface area contributed by atoms with Gasteiger partial charge in [-0.1, -0.05) is 18.2 Å². The van der Waals surface area contributed by atoms with Gasteiger partial charge in [-0.05, 0) is 99.2 Å². The summed E-state index contributed by atoms with van der Waals surface area (Å²) in [6, 6.07) is 18.4. The summed E-state index contributed by atoms with van der Waals surface area (Å²) in [6.07, 6.45) is 0. The topological polar surface area (TPSA) is 73.2 Å². The second-order valence-electron chi connectivity index (χ2n) is 9.19. The average molecular weight is 470 g/mol. The van der Waals surface area contributed by atoms with Crippen molar-refractivity contribution >= 4 is 17.1 Å². The molecule has 0 aliphatic carbocycles. The minimum Gasteiger partial charge on any atom is -0.508 e. The van der Waals surface area contributed by atoms with Crippen molar-refractivity contribution in [1.29, 1.82) is 0 Å². The van der Waals surface area contributed by atoms with Crippen LogP contribution in [0.4, 0.5) is 17.1 Å². The average Bonchev–Trinajstić information content (AvgIpc) is 2.78. The fourth-order valence-electron chi connectivity index (χ4n) is 4.44. The van der Waals surface area contributed by atoms with Gasteiger partial charge >= 0.3 is 0 Å². The molecule has 5 heteroatoms. The van der Waals surface area contributed by atoms with Crippen LogP contribution in [-0.2, 0) is 0 Å². The highest BCUT2D eigenvalue weighted by Crippen LogP contribution is 2.43. The van der Waals surface area contributed by atoms with Crippen LogP contribution in [0.2, 0.25) is 0 Å². The first kappa shape index (κ1) is 24.0. The Morgan fingerprint density at radius 1 is 0.571 bits per heavy atom. The number of benzene rings is 4. The number of nitrogens with zero attached hydrogens (tertiary/aromatic N) is 1. The van der Waals surface area contributed by atoms with Crippen molar-refractivity contribution in [2.24, 2.45) is 0 Å². The molecule has 0 unspecified atom stereocenters. The van der Waals surface area contributed by atoms with E-state index in [4.69, 9.17) is 4.74 Å². The first-order valence-electron chi connectivity index (χ1n) is 11.5. The zero-order valence-electron chi connectivity index (χ0n) is 21.0. The van der Waals surface area contributed by atoms with Gasteiger partial charge in [-0.3, -0.25) is 0 Å². The van der Waals surface area contributed by atoms with Crippen molar-refractivity contribution in [1.82, 2.24) is 0 Å². The maximum Gasteiger partial charge on any atom is 0.133 e. The summed E-state index contributed by atoms with van der Waals surface area (Å²) >= 11 is 0. The van der Waals surface area contributed by atoms with E-state index >= 15 is 0 Å². The standard InChI is InChI=1S/C30H31NO4/c1-17-10-19(3)28(33)15-26(17)31(27-16-29(34)20(4)11-18(27)2)23-8-7-9-25(14-23)35-30-21(5)12-24(32)13-22(30)6/h7-16,32-34H,1-6H3. The molecule has 35 heavy (non-hydrogen) atoms. The number of rotatable bonds is 5. The molecule has 5 nitrogen and oxygen atoms in total. The van der Waals surface area contributed by atoms with Crippen molar-refractivity contribution < 1.29 is 20.1 Å². The summed E-state index contributed by atoms with van der Waals surface area (Å²) in [5.41, 5.74) is 7.64. The lowest BCUT2D eigenvalue weighted by molar-refractivity contribution is 0.458. The molecule has 0 spiro atoms. The van der Waals surface area contributed by atoms with Crippen LogP contribution in [0.15, 0.2) is 60.7 Å². The number of phenols is 3. The van der Waals surface area contributed by atoms with E-state index in [9.17, 15) is 15.3 Å². The van der Waals surface area contributed by atoms with Crippen LogP contribution in [-0.4, -0.2) is 15.3 Å². The predicted octanol–water partition coefficient (Wildman–Crippen LogP) is 7.92. The fraction of sp³-hybridized carbons (Fsp3) is 0.200. The van der Waals surface area contributed by atoms with Crippen molar-refractivity contribution in [2.45, 2.75) is 41.5 Å². The summed E-state index contributed by atoms with van der Waals surface area (Å²) in [5.74, 6) is 1.93. The van der Waals surface area contributed by atoms with Crippen molar-refractivity contribution in [2.75, 3.05) is 4.90 Å². The van der Waals surface area contributed by atoms with E-state index in [0.29, 0.717) is 11.5 Å². The molecular weight excluding hydrogens is 438 g/mol. The summed E-state index contributed by atoms with van der Waals surface area (Å²) in [4.78, 5) is 2.02. The van der Waals surface area contributed by atoms with Crippen LogP contribution in [0.1, 0.15) is 33.4 Å². The third kappa shape index (κ3) is 4.76. The Kier molecular flexibility index (Phi) is 6.35. The van der Waals surface area contributed by atoms with E-state index < -0.39 is 0 Å². The van der Waals surface area contributed by atoms with Crippen LogP contribution in [0.25, 0.3) is 0 Å². The molecule has 3 N–H and O–H groups in total. The Morgan fingerprint density at radius 3 is 1.60 bits per heavy atom. The van der Waals surface area contributed by atoms with Gasteiger partial charge in [0.2, 0.25) is 0 Å². The molecule has 0 saturated heterocycles. The maximum absolute atomic E-state index is 10.5. The van der Waals surface area contributed by atoms with E-state index in [-0.39, 0.29) is 17.2 Å². The van der Waals surface area contributed by atoms with Gasteiger partial charge in [-0.2, -0.15) is 0 Å². The third-order valence-corrected chi connectivity index (χ3v) is 6.25. The molecule has 0 atom stereocenters. The smallest absolute Gasteiger partial charge is 0.133 e. The van der Waals surface area contributed by atoms with Crippen LogP contribution in [0.3, 0.4) is 0 Å². The van der Waals surface area contributed by atoms with Gasteiger partial charge in [0, 0.05) is 23.9 Å². The highest BCUT2D eigenvalue weighted by molar-refractivity contribution is 5.82. The highest BCUT2D eigenvalue weighted by atomic mass is 16.5. The molecule has 4 rings (SSSR count). The van der Waals surface area contributed by atoms with Crippen LogP contribution >= 0.6 is 0 Å². The molecule has 0 aliphatic rings. The summed E-state index contributed by atoms with van der Waals surface area (Å²) in [5, 5.41) is 31.0. The monoisotopic (exact) mass is 469 g/mol. The van der Waals surface area contributed by atoms with E-state index in [1.165, 1.54) is 0 Å². The zero-order valence-corrected chi connectivity index (χ0v) is 21.0. The number of ether oxygens (including phenoxy) is 1. The molecule has 0 fully saturated rings. The van der Waals surface area contributed by atoms with Crippen molar-refractivity contribution in [3.63, 3.8) is 0 Å². The lowest BCUT2D eigenvalue weighted by Crippen LogP contribution is -2.13. The Labute approximate surface area is 206 Å². The number of hydrogen-bond donors (Lipinski definition) is 3. The number of hydrogen-bond acceptors (Lipinski definition) is 5. The Morgan fingerprint density at radius 2 is 1.09 bits per heavy atom. The molecule has 4 aromatic carbocycles. The van der Waals surface area contributed by atoms with E-state index in [1.54, 1.807) is 24.3 Å². The van der Waals surface area contributed by atoms with Gasteiger partial charge < -0.3 is 25.0 Å². The van der Waals surface area contributed by atoms with Gasteiger partial charge in [0.1, 0.15) is 28.7 Å². The van der Waals surface area contributed by atoms with E-state index in [1.807, 2.05) is 82.8 Å². The number of aromatic hydroxyl groups is 3. The lowest BCUT2D eigenvalue weighted by atomic mass is 10.0. The van der Waals surface area contributed by atoms with Gasteiger partial charge in [-0.25, -0.2) is 0 Å². The normalized spacial score (nSPS) is 10.9. The summed E-state index contributed by atoms with van der Waals surface area (Å²) < 4.78 is 6.27. The quantitative estimate of drug-likeness (QED) is 0.277. The molecule has 0 saturated carbocycles. The molecule has 0 heterocycles. The van der Waals surface area contributed by atoms with E-state index in [0.717, 1.165) is 50.4 Å². The first-order chi connectivity index (χ1) is 16.5. The first-order valence-corrected chi connectivity index (χ1v) is 11.5. The summed E-state index contributed by atoms with van der Waals surface area (Å²) in [7, 11) is 0. The van der Waals surface area contributed by atoms with Crippen LogP contribution in [0, 0.1) is 41.5 Å². The van der Waals surface area contributed by atoms with E-state index in [2.05, 4.69) is 0 Å². The van der Waals surface area contributed by atoms with Gasteiger partial charge in [0.15, 0.2) is 0 Å². The Balaban J connectivity index is 1.89.